The number of carbonyl (C=O) groups excluding carboxylic acids is 1. The molecule has 9 nitrogen and oxygen atoms in total. The first kappa shape index (κ1) is 25.3. The van der Waals surface area contributed by atoms with Crippen molar-refractivity contribution in [3.05, 3.63) is 78.6 Å². The van der Waals surface area contributed by atoms with Crippen LogP contribution in [0.4, 0.5) is 10.1 Å². The molecule has 4 aromatic heterocycles. The number of fused-ring (bicyclic) bond motifs is 2. The van der Waals surface area contributed by atoms with Gasteiger partial charge in [0, 0.05) is 41.9 Å². The van der Waals surface area contributed by atoms with Crippen LogP contribution in [0.2, 0.25) is 0 Å². The second kappa shape index (κ2) is 10.7. The number of amides is 1. The fraction of sp³-hybridized carbons (Fsp3) is 0.167. The van der Waals surface area contributed by atoms with Crippen LogP contribution in [0.25, 0.3) is 55.7 Å². The minimum atomic E-state index is -0.315. The van der Waals surface area contributed by atoms with Gasteiger partial charge in [0.05, 0.1) is 34.6 Å². The molecule has 6 rings (SSSR count). The summed E-state index contributed by atoms with van der Waals surface area (Å²) >= 11 is 0. The molecule has 6 aromatic rings. The first-order valence-electron chi connectivity index (χ1n) is 13.0. The van der Waals surface area contributed by atoms with Gasteiger partial charge in [-0.2, -0.15) is 5.10 Å². The van der Waals surface area contributed by atoms with Crippen LogP contribution >= 0.6 is 0 Å². The van der Waals surface area contributed by atoms with E-state index in [1.165, 1.54) is 12.1 Å². The maximum atomic E-state index is 14.4. The van der Waals surface area contributed by atoms with Crippen molar-refractivity contribution in [1.29, 1.82) is 0 Å². The summed E-state index contributed by atoms with van der Waals surface area (Å²) in [7, 11) is 1.82. The molecule has 4 heterocycles. The number of H-pyrrole nitrogens is 2. The Kier molecular flexibility index (Phi) is 6.75. The molecule has 0 fully saturated rings. The number of nitrogens with one attached hydrogen (secondary N) is 4. The maximum absolute atomic E-state index is 14.4. The van der Waals surface area contributed by atoms with Gasteiger partial charge >= 0.3 is 0 Å². The van der Waals surface area contributed by atoms with Crippen molar-refractivity contribution in [3.63, 3.8) is 0 Å². The second-order valence-electron chi connectivity index (χ2n) is 9.64. The quantitative estimate of drug-likeness (QED) is 0.195. The van der Waals surface area contributed by atoms with Gasteiger partial charge in [0.25, 0.3) is 0 Å². The van der Waals surface area contributed by atoms with Gasteiger partial charge in [0.1, 0.15) is 11.5 Å². The van der Waals surface area contributed by atoms with E-state index < -0.39 is 0 Å². The number of nitrogens with zero attached hydrogens (tertiary/aromatic N) is 4. The highest BCUT2D eigenvalue weighted by Crippen LogP contribution is 2.33. The molecule has 0 aliphatic carbocycles. The molecule has 0 unspecified atom stereocenters. The van der Waals surface area contributed by atoms with Gasteiger partial charge in [-0.15, -0.1) is 0 Å². The Balaban J connectivity index is 1.39. The first-order chi connectivity index (χ1) is 19.5. The van der Waals surface area contributed by atoms with E-state index in [1.54, 1.807) is 24.8 Å². The third-order valence-corrected chi connectivity index (χ3v) is 6.66. The SMILES string of the molecule is CCCC(=O)Nc1cncc(-c2ccc3[nH]nc(-c4nc5c(-c6cc(F)cc(CNC)c6)cncc5[nH]4)c3c2)c1. The summed E-state index contributed by atoms with van der Waals surface area (Å²) in [4.78, 5) is 29.0. The van der Waals surface area contributed by atoms with Gasteiger partial charge in [0.15, 0.2) is 5.82 Å². The zero-order valence-corrected chi connectivity index (χ0v) is 22.0. The fourth-order valence-electron chi connectivity index (χ4n) is 4.86. The van der Waals surface area contributed by atoms with Gasteiger partial charge in [0.2, 0.25) is 5.91 Å². The molecular formula is C30H27FN8O. The lowest BCUT2D eigenvalue weighted by Crippen LogP contribution is -2.10. The minimum Gasteiger partial charge on any atom is -0.335 e. The van der Waals surface area contributed by atoms with Gasteiger partial charge in [-0.05, 0) is 66.6 Å². The Hall–Kier alpha value is -4.96. The van der Waals surface area contributed by atoms with E-state index in [0.29, 0.717) is 41.3 Å². The van der Waals surface area contributed by atoms with Crippen LogP contribution < -0.4 is 10.6 Å². The fourth-order valence-corrected chi connectivity index (χ4v) is 4.86. The smallest absolute Gasteiger partial charge is 0.224 e. The number of benzene rings is 2. The molecule has 40 heavy (non-hydrogen) atoms. The number of anilines is 1. The topological polar surface area (TPSA) is 124 Å². The van der Waals surface area contributed by atoms with E-state index in [-0.39, 0.29) is 11.7 Å². The molecule has 200 valence electrons. The summed E-state index contributed by atoms with van der Waals surface area (Å²) in [6, 6.07) is 12.8. The molecule has 0 atom stereocenters. The van der Waals surface area contributed by atoms with Gasteiger partial charge in [-0.1, -0.05) is 13.0 Å². The van der Waals surface area contributed by atoms with Crippen LogP contribution in [0.5, 0.6) is 0 Å². The van der Waals surface area contributed by atoms with E-state index >= 15 is 0 Å². The number of aromatic amines is 2. The van der Waals surface area contributed by atoms with Crippen molar-refractivity contribution >= 4 is 33.5 Å². The lowest BCUT2D eigenvalue weighted by atomic mass is 10.0. The lowest BCUT2D eigenvalue weighted by molar-refractivity contribution is -0.116. The highest BCUT2D eigenvalue weighted by atomic mass is 19.1. The van der Waals surface area contributed by atoms with Gasteiger partial charge in [-0.25, -0.2) is 9.37 Å². The second-order valence-corrected chi connectivity index (χ2v) is 9.64. The minimum absolute atomic E-state index is 0.0377. The predicted molar refractivity (Wildman–Crippen MR) is 154 cm³/mol. The van der Waals surface area contributed by atoms with Crippen LogP contribution in [-0.2, 0) is 11.3 Å². The van der Waals surface area contributed by atoms with E-state index in [4.69, 9.17) is 4.98 Å². The van der Waals surface area contributed by atoms with Gasteiger partial charge in [-0.3, -0.25) is 19.9 Å². The molecule has 0 saturated heterocycles. The molecule has 1 amide bonds. The number of carbonyl (C=O) groups is 1. The monoisotopic (exact) mass is 534 g/mol. The van der Waals surface area contributed by atoms with Crippen molar-refractivity contribution in [2.24, 2.45) is 0 Å². The Bertz CT molecular complexity index is 1860. The van der Waals surface area contributed by atoms with Crippen LogP contribution in [0.1, 0.15) is 25.3 Å². The summed E-state index contributed by atoms with van der Waals surface area (Å²) in [6.45, 7) is 2.51. The number of aromatic nitrogens is 6. The van der Waals surface area contributed by atoms with E-state index in [9.17, 15) is 9.18 Å². The normalized spacial score (nSPS) is 11.4. The predicted octanol–water partition coefficient (Wildman–Crippen LogP) is 5.83. The average Bonchev–Trinajstić information content (AvgIpc) is 3.57. The number of hydrogen-bond acceptors (Lipinski definition) is 6. The summed E-state index contributed by atoms with van der Waals surface area (Å²) in [5.74, 6) is 0.215. The standard InChI is InChI=1S/C30H27FN8O/c1-3-4-27(40)35-22-10-20(13-33-14-22)18-5-6-25-23(11-18)29(39-38-25)30-36-26-16-34-15-24(28(26)37-30)19-7-17(12-32-2)8-21(31)9-19/h5-11,13-16,32H,3-4,12H2,1-2H3,(H,35,40)(H,36,37)(H,38,39). The van der Waals surface area contributed by atoms with Crippen LogP contribution in [0, 0.1) is 5.82 Å². The zero-order valence-electron chi connectivity index (χ0n) is 22.0. The molecule has 2 aromatic carbocycles. The van der Waals surface area contributed by atoms with Crippen molar-refractivity contribution in [2.45, 2.75) is 26.3 Å². The summed E-state index contributed by atoms with van der Waals surface area (Å²) in [5, 5.41) is 14.5. The van der Waals surface area contributed by atoms with Crippen LogP contribution in [0.15, 0.2) is 67.3 Å². The van der Waals surface area contributed by atoms with E-state index in [1.807, 2.05) is 44.3 Å². The van der Waals surface area contributed by atoms with E-state index in [2.05, 4.69) is 35.8 Å². The van der Waals surface area contributed by atoms with Crippen LogP contribution in [-0.4, -0.2) is 43.1 Å². The lowest BCUT2D eigenvalue weighted by Gasteiger charge is -2.07. The Labute approximate surface area is 229 Å². The van der Waals surface area contributed by atoms with Crippen molar-refractivity contribution < 1.29 is 9.18 Å². The van der Waals surface area contributed by atoms with Crippen molar-refractivity contribution in [1.82, 2.24) is 35.5 Å². The Morgan fingerprint density at radius 2 is 1.82 bits per heavy atom. The highest BCUT2D eigenvalue weighted by molar-refractivity contribution is 5.98. The number of hydrogen-bond donors (Lipinski definition) is 4. The van der Waals surface area contributed by atoms with Crippen molar-refractivity contribution in [2.75, 3.05) is 12.4 Å². The van der Waals surface area contributed by atoms with E-state index in [0.717, 1.165) is 45.1 Å². The molecule has 0 aliphatic rings. The number of imidazole rings is 1. The molecular weight excluding hydrogens is 507 g/mol. The molecule has 0 bridgehead atoms. The van der Waals surface area contributed by atoms with Gasteiger partial charge < -0.3 is 15.6 Å². The summed E-state index contributed by atoms with van der Waals surface area (Å²) in [6.07, 6.45) is 8.03. The summed E-state index contributed by atoms with van der Waals surface area (Å²) < 4.78 is 14.4. The molecule has 0 radical (unpaired) electrons. The Morgan fingerprint density at radius 1 is 0.950 bits per heavy atom. The van der Waals surface area contributed by atoms with Crippen LogP contribution in [0.3, 0.4) is 0 Å². The third kappa shape index (κ3) is 4.92. The molecule has 0 spiro atoms. The molecule has 4 N–H and O–H groups in total. The Morgan fingerprint density at radius 3 is 2.67 bits per heavy atom. The summed E-state index contributed by atoms with van der Waals surface area (Å²) in [5.41, 5.74) is 7.59. The third-order valence-electron chi connectivity index (χ3n) is 6.66. The average molecular weight is 535 g/mol. The number of rotatable bonds is 8. The molecule has 0 saturated carbocycles. The maximum Gasteiger partial charge on any atom is 0.224 e. The highest BCUT2D eigenvalue weighted by Gasteiger charge is 2.17. The number of halogens is 1. The first-order valence-corrected chi connectivity index (χ1v) is 13.0. The largest absolute Gasteiger partial charge is 0.335 e. The molecule has 0 aliphatic heterocycles. The van der Waals surface area contributed by atoms with Crippen molar-refractivity contribution in [3.8, 4) is 33.8 Å². The number of pyridine rings is 2. The molecule has 10 heteroatoms. The zero-order chi connectivity index (χ0) is 27.6.